The maximum absolute atomic E-state index is 12.8. The molecule has 0 amide bonds. The summed E-state index contributed by atoms with van der Waals surface area (Å²) in [6.07, 6.45) is -1.27. The van der Waals surface area contributed by atoms with Crippen LogP contribution in [0.3, 0.4) is 0 Å². The standard InChI is InChI=1S/C21H24F3N5O/c1-14-9-19(16(3)28(14)11-21(22,23)24)20(30)10-27(4)15(2)17-5-7-18(8-6-17)29-13-25-12-26-29/h5-9,12-13,15H,10-11H2,1-4H3. The monoisotopic (exact) mass is 419 g/mol. The van der Waals surface area contributed by atoms with Crippen LogP contribution in [0.5, 0.6) is 0 Å². The predicted octanol–water partition coefficient (Wildman–Crippen LogP) is 4.12. The lowest BCUT2D eigenvalue weighted by atomic mass is 10.1. The summed E-state index contributed by atoms with van der Waals surface area (Å²) in [5, 5.41) is 4.09. The van der Waals surface area contributed by atoms with Crippen molar-refractivity contribution < 1.29 is 18.0 Å². The Kier molecular flexibility index (Phi) is 6.12. The summed E-state index contributed by atoms with van der Waals surface area (Å²) in [5.41, 5.74) is 2.98. The molecule has 30 heavy (non-hydrogen) atoms. The number of halogens is 3. The number of benzene rings is 1. The molecule has 0 saturated heterocycles. The van der Waals surface area contributed by atoms with Gasteiger partial charge in [0.25, 0.3) is 0 Å². The molecule has 3 rings (SSSR count). The first kappa shape index (κ1) is 21.8. The van der Waals surface area contributed by atoms with Gasteiger partial charge in [0.2, 0.25) is 0 Å². The molecule has 2 heterocycles. The van der Waals surface area contributed by atoms with Crippen LogP contribution in [-0.2, 0) is 6.54 Å². The van der Waals surface area contributed by atoms with Crippen molar-refractivity contribution in [2.75, 3.05) is 13.6 Å². The number of carbonyl (C=O) groups excluding carboxylic acids is 1. The molecule has 0 bridgehead atoms. The van der Waals surface area contributed by atoms with Crippen LogP contribution in [0.15, 0.2) is 43.0 Å². The van der Waals surface area contributed by atoms with Gasteiger partial charge in [-0.1, -0.05) is 12.1 Å². The fourth-order valence-corrected chi connectivity index (χ4v) is 3.46. The minimum atomic E-state index is -4.33. The molecule has 1 atom stereocenters. The van der Waals surface area contributed by atoms with E-state index in [9.17, 15) is 18.0 Å². The largest absolute Gasteiger partial charge is 0.406 e. The summed E-state index contributed by atoms with van der Waals surface area (Å²) >= 11 is 0. The fourth-order valence-electron chi connectivity index (χ4n) is 3.46. The Morgan fingerprint density at radius 2 is 1.87 bits per heavy atom. The van der Waals surface area contributed by atoms with Gasteiger partial charge in [0.1, 0.15) is 19.2 Å². The van der Waals surface area contributed by atoms with Crippen LogP contribution >= 0.6 is 0 Å². The van der Waals surface area contributed by atoms with E-state index in [-0.39, 0.29) is 18.4 Å². The van der Waals surface area contributed by atoms with Crippen molar-refractivity contribution in [3.05, 3.63) is 65.5 Å². The summed E-state index contributed by atoms with van der Waals surface area (Å²) < 4.78 is 41.2. The Morgan fingerprint density at radius 1 is 1.20 bits per heavy atom. The molecule has 1 unspecified atom stereocenters. The van der Waals surface area contributed by atoms with Crippen molar-refractivity contribution in [2.24, 2.45) is 0 Å². The number of rotatable bonds is 7. The van der Waals surface area contributed by atoms with E-state index in [0.29, 0.717) is 17.0 Å². The lowest BCUT2D eigenvalue weighted by Gasteiger charge is -2.24. The topological polar surface area (TPSA) is 56.0 Å². The van der Waals surface area contributed by atoms with Crippen molar-refractivity contribution in [3.8, 4) is 5.69 Å². The third-order valence-corrected chi connectivity index (χ3v) is 5.32. The van der Waals surface area contributed by atoms with Gasteiger partial charge >= 0.3 is 6.18 Å². The highest BCUT2D eigenvalue weighted by Crippen LogP contribution is 2.25. The van der Waals surface area contributed by atoms with Crippen molar-refractivity contribution in [1.82, 2.24) is 24.2 Å². The number of hydrogen-bond acceptors (Lipinski definition) is 4. The highest BCUT2D eigenvalue weighted by Gasteiger charge is 2.30. The molecule has 0 N–H and O–H groups in total. The summed E-state index contributed by atoms with van der Waals surface area (Å²) in [6, 6.07) is 9.23. The zero-order valence-corrected chi connectivity index (χ0v) is 17.3. The molecule has 0 aliphatic rings. The van der Waals surface area contributed by atoms with Crippen LogP contribution in [0.2, 0.25) is 0 Å². The smallest absolute Gasteiger partial charge is 0.339 e. The highest BCUT2D eigenvalue weighted by molar-refractivity contribution is 5.99. The number of aromatic nitrogens is 4. The minimum absolute atomic E-state index is 0.0580. The lowest BCUT2D eigenvalue weighted by molar-refractivity contribution is -0.141. The number of ketones is 1. The maximum Gasteiger partial charge on any atom is 0.406 e. The summed E-state index contributed by atoms with van der Waals surface area (Å²) in [5.74, 6) is -0.204. The summed E-state index contributed by atoms with van der Waals surface area (Å²) in [7, 11) is 1.82. The summed E-state index contributed by atoms with van der Waals surface area (Å²) in [6.45, 7) is 4.12. The highest BCUT2D eigenvalue weighted by atomic mass is 19.4. The van der Waals surface area contributed by atoms with E-state index in [1.54, 1.807) is 24.9 Å². The molecular weight excluding hydrogens is 395 g/mol. The van der Waals surface area contributed by atoms with E-state index in [1.807, 2.05) is 43.1 Å². The lowest BCUT2D eigenvalue weighted by Crippen LogP contribution is -2.29. The number of alkyl halides is 3. The van der Waals surface area contributed by atoms with Crippen molar-refractivity contribution >= 4 is 5.78 Å². The average Bonchev–Trinajstić information content (AvgIpc) is 3.31. The Bertz CT molecular complexity index is 1010. The molecule has 1 aromatic carbocycles. The molecule has 0 fully saturated rings. The van der Waals surface area contributed by atoms with E-state index in [1.165, 1.54) is 12.4 Å². The number of aryl methyl sites for hydroxylation is 1. The second-order valence-corrected chi connectivity index (χ2v) is 7.43. The maximum atomic E-state index is 12.8. The molecule has 6 nitrogen and oxygen atoms in total. The Hall–Kier alpha value is -2.94. The van der Waals surface area contributed by atoms with E-state index in [0.717, 1.165) is 15.8 Å². The van der Waals surface area contributed by atoms with Gasteiger partial charge in [0.15, 0.2) is 5.78 Å². The zero-order valence-electron chi connectivity index (χ0n) is 17.3. The van der Waals surface area contributed by atoms with Crippen LogP contribution in [0.4, 0.5) is 13.2 Å². The number of nitrogens with zero attached hydrogens (tertiary/aromatic N) is 5. The van der Waals surface area contributed by atoms with Gasteiger partial charge in [-0.25, -0.2) is 9.67 Å². The zero-order chi connectivity index (χ0) is 22.1. The molecular formula is C21H24F3N5O. The predicted molar refractivity (Wildman–Crippen MR) is 107 cm³/mol. The first-order chi connectivity index (χ1) is 14.1. The van der Waals surface area contributed by atoms with Crippen molar-refractivity contribution in [3.63, 3.8) is 0 Å². The van der Waals surface area contributed by atoms with E-state index >= 15 is 0 Å². The number of Topliss-reactive ketones (excluding diaryl/α,β-unsaturated/α-hetero) is 1. The van der Waals surface area contributed by atoms with Gasteiger partial charge in [-0.3, -0.25) is 9.69 Å². The van der Waals surface area contributed by atoms with Crippen LogP contribution in [0.1, 0.15) is 40.3 Å². The summed E-state index contributed by atoms with van der Waals surface area (Å²) in [4.78, 5) is 18.6. The van der Waals surface area contributed by atoms with E-state index < -0.39 is 12.7 Å². The molecule has 0 aliphatic carbocycles. The molecule has 0 aliphatic heterocycles. The number of likely N-dealkylation sites (N-methyl/N-ethyl adjacent to an activating group) is 1. The average molecular weight is 419 g/mol. The van der Waals surface area contributed by atoms with Gasteiger partial charge in [-0.05, 0) is 51.6 Å². The third-order valence-electron chi connectivity index (χ3n) is 5.32. The molecule has 160 valence electrons. The van der Waals surface area contributed by atoms with Gasteiger partial charge in [-0.2, -0.15) is 18.3 Å². The van der Waals surface area contributed by atoms with Crippen LogP contribution in [0.25, 0.3) is 5.69 Å². The van der Waals surface area contributed by atoms with Gasteiger partial charge in [0, 0.05) is 23.0 Å². The van der Waals surface area contributed by atoms with E-state index in [2.05, 4.69) is 10.1 Å². The SMILES string of the molecule is Cc1cc(C(=O)CN(C)C(C)c2ccc(-n3cncn3)cc2)c(C)n1CC(F)(F)F. The third kappa shape index (κ3) is 4.79. The normalized spacial score (nSPS) is 13.1. The van der Waals surface area contributed by atoms with Gasteiger partial charge < -0.3 is 4.57 Å². The Balaban J connectivity index is 1.70. The van der Waals surface area contributed by atoms with Crippen molar-refractivity contribution in [2.45, 2.75) is 39.5 Å². The van der Waals surface area contributed by atoms with E-state index in [4.69, 9.17) is 0 Å². The molecule has 9 heteroatoms. The molecule has 0 spiro atoms. The molecule has 2 aromatic heterocycles. The van der Waals surface area contributed by atoms with Gasteiger partial charge in [-0.15, -0.1) is 0 Å². The first-order valence-corrected chi connectivity index (χ1v) is 9.48. The minimum Gasteiger partial charge on any atom is -0.339 e. The fraction of sp³-hybridized carbons (Fsp3) is 0.381. The molecule has 0 radical (unpaired) electrons. The quantitative estimate of drug-likeness (QED) is 0.541. The van der Waals surface area contributed by atoms with Crippen LogP contribution in [-0.4, -0.2) is 49.8 Å². The second-order valence-electron chi connectivity index (χ2n) is 7.43. The Labute approximate surface area is 172 Å². The molecule has 3 aromatic rings. The van der Waals surface area contributed by atoms with Gasteiger partial charge in [0.05, 0.1) is 12.2 Å². The Morgan fingerprint density at radius 3 is 2.43 bits per heavy atom. The second kappa shape index (κ2) is 8.43. The number of hydrogen-bond donors (Lipinski definition) is 0. The molecule has 0 saturated carbocycles. The van der Waals surface area contributed by atoms with Crippen LogP contribution < -0.4 is 0 Å². The first-order valence-electron chi connectivity index (χ1n) is 9.48. The van der Waals surface area contributed by atoms with Crippen LogP contribution in [0, 0.1) is 13.8 Å². The van der Waals surface area contributed by atoms with Crippen molar-refractivity contribution in [1.29, 1.82) is 0 Å². The number of carbonyl (C=O) groups is 1.